The van der Waals surface area contributed by atoms with Crippen molar-refractivity contribution in [3.63, 3.8) is 0 Å². The fourth-order valence-corrected chi connectivity index (χ4v) is 2.50. The predicted octanol–water partition coefficient (Wildman–Crippen LogP) is 3.76. The van der Waals surface area contributed by atoms with Crippen molar-refractivity contribution in [3.8, 4) is 0 Å². The van der Waals surface area contributed by atoms with Gasteiger partial charge in [-0.05, 0) is 18.9 Å². The lowest BCUT2D eigenvalue weighted by molar-refractivity contribution is 0.0580. The molecule has 0 amide bonds. The molecule has 2 aromatic carbocycles. The number of benzene rings is 2. The number of rotatable bonds is 6. The number of hydrogen-bond acceptors (Lipinski definition) is 2. The van der Waals surface area contributed by atoms with Gasteiger partial charge in [-0.25, -0.2) is 0 Å². The molecule has 0 radical (unpaired) electrons. The minimum absolute atomic E-state index is 0.129. The lowest BCUT2D eigenvalue weighted by Gasteiger charge is -2.27. The molecule has 2 heteroatoms. The molecule has 0 aromatic heterocycles. The summed E-state index contributed by atoms with van der Waals surface area (Å²) in [6.07, 6.45) is 0.676. The molecule has 0 spiro atoms. The Balaban J connectivity index is 2.27. The van der Waals surface area contributed by atoms with Gasteiger partial charge in [0.15, 0.2) is 5.78 Å². The van der Waals surface area contributed by atoms with Crippen LogP contribution >= 0.6 is 0 Å². The SMILES string of the molecule is COCC(C)(Cc1ccccc1)C(=O)c1ccccc1. The van der Waals surface area contributed by atoms with Gasteiger partial charge in [-0.3, -0.25) is 4.79 Å². The molecule has 0 bridgehead atoms. The Bertz CT molecular complexity index is 548. The highest BCUT2D eigenvalue weighted by molar-refractivity contribution is 6.00. The fraction of sp³-hybridized carbons (Fsp3) is 0.278. The first-order valence-electron chi connectivity index (χ1n) is 6.78. The van der Waals surface area contributed by atoms with Crippen LogP contribution in [0.3, 0.4) is 0 Å². The van der Waals surface area contributed by atoms with Crippen LogP contribution in [0.4, 0.5) is 0 Å². The average molecular weight is 268 g/mol. The fourth-order valence-electron chi connectivity index (χ4n) is 2.50. The van der Waals surface area contributed by atoms with Crippen molar-refractivity contribution in [2.24, 2.45) is 5.41 Å². The van der Waals surface area contributed by atoms with Gasteiger partial charge in [0.1, 0.15) is 0 Å². The highest BCUT2D eigenvalue weighted by Crippen LogP contribution is 2.28. The van der Waals surface area contributed by atoms with Crippen LogP contribution in [0.25, 0.3) is 0 Å². The molecular formula is C18H20O2. The van der Waals surface area contributed by atoms with E-state index in [9.17, 15) is 4.79 Å². The lowest BCUT2D eigenvalue weighted by Crippen LogP contribution is -2.35. The van der Waals surface area contributed by atoms with E-state index in [2.05, 4.69) is 0 Å². The Hall–Kier alpha value is -1.93. The van der Waals surface area contributed by atoms with Gasteiger partial charge >= 0.3 is 0 Å². The first-order valence-corrected chi connectivity index (χ1v) is 6.78. The van der Waals surface area contributed by atoms with E-state index in [0.717, 1.165) is 11.1 Å². The summed E-state index contributed by atoms with van der Waals surface area (Å²) >= 11 is 0. The molecule has 0 fully saturated rings. The third-order valence-corrected chi connectivity index (χ3v) is 3.48. The summed E-state index contributed by atoms with van der Waals surface area (Å²) in [4.78, 5) is 12.8. The number of ketones is 1. The number of carbonyl (C=O) groups excluding carboxylic acids is 1. The van der Waals surface area contributed by atoms with Gasteiger partial charge in [0.25, 0.3) is 0 Å². The van der Waals surface area contributed by atoms with Gasteiger partial charge in [0.05, 0.1) is 12.0 Å². The van der Waals surface area contributed by atoms with Crippen LogP contribution in [0, 0.1) is 5.41 Å². The van der Waals surface area contributed by atoms with Crippen LogP contribution in [-0.4, -0.2) is 19.5 Å². The molecule has 1 unspecified atom stereocenters. The summed E-state index contributed by atoms with van der Waals surface area (Å²) in [6, 6.07) is 19.5. The van der Waals surface area contributed by atoms with Gasteiger partial charge in [0, 0.05) is 12.7 Å². The van der Waals surface area contributed by atoms with Gasteiger partial charge in [0.2, 0.25) is 0 Å². The van der Waals surface area contributed by atoms with Crippen LogP contribution in [0.1, 0.15) is 22.8 Å². The Morgan fingerprint density at radius 2 is 1.55 bits per heavy atom. The summed E-state index contributed by atoms with van der Waals surface area (Å²) in [5.41, 5.74) is 1.34. The molecule has 0 N–H and O–H groups in total. The molecule has 1 atom stereocenters. The third-order valence-electron chi connectivity index (χ3n) is 3.48. The zero-order chi connectivity index (χ0) is 14.4. The van der Waals surface area contributed by atoms with E-state index in [1.54, 1.807) is 7.11 Å². The van der Waals surface area contributed by atoms with Crippen molar-refractivity contribution in [1.82, 2.24) is 0 Å². The summed E-state index contributed by atoms with van der Waals surface area (Å²) in [6.45, 7) is 2.38. The van der Waals surface area contributed by atoms with E-state index in [1.807, 2.05) is 67.6 Å². The Kier molecular flexibility index (Phi) is 4.70. The number of hydrogen-bond donors (Lipinski definition) is 0. The van der Waals surface area contributed by atoms with Crippen LogP contribution in [-0.2, 0) is 11.2 Å². The standard InChI is InChI=1S/C18H20O2/c1-18(14-20-2,13-15-9-5-3-6-10-15)17(19)16-11-7-4-8-12-16/h3-12H,13-14H2,1-2H3. The predicted molar refractivity (Wildman–Crippen MR) is 80.9 cm³/mol. The maximum atomic E-state index is 12.8. The molecule has 2 nitrogen and oxygen atoms in total. The Labute approximate surface area is 120 Å². The van der Waals surface area contributed by atoms with Crippen LogP contribution in [0.2, 0.25) is 0 Å². The second-order valence-electron chi connectivity index (χ2n) is 5.35. The maximum Gasteiger partial charge on any atom is 0.171 e. The van der Waals surface area contributed by atoms with Crippen LogP contribution < -0.4 is 0 Å². The molecule has 0 aliphatic rings. The quantitative estimate of drug-likeness (QED) is 0.746. The smallest absolute Gasteiger partial charge is 0.171 e. The molecule has 2 rings (SSSR count). The largest absolute Gasteiger partial charge is 0.384 e. The number of ether oxygens (including phenoxy) is 1. The van der Waals surface area contributed by atoms with Gasteiger partial charge in [-0.2, -0.15) is 0 Å². The van der Waals surface area contributed by atoms with Gasteiger partial charge in [-0.15, -0.1) is 0 Å². The van der Waals surface area contributed by atoms with Crippen LogP contribution in [0.15, 0.2) is 60.7 Å². The van der Waals surface area contributed by atoms with E-state index in [1.165, 1.54) is 0 Å². The van der Waals surface area contributed by atoms with Crippen molar-refractivity contribution < 1.29 is 9.53 Å². The first kappa shape index (κ1) is 14.5. The lowest BCUT2D eigenvalue weighted by atomic mass is 9.78. The van der Waals surface area contributed by atoms with Crippen molar-refractivity contribution >= 4 is 5.78 Å². The molecule has 20 heavy (non-hydrogen) atoms. The van der Waals surface area contributed by atoms with Crippen LogP contribution in [0.5, 0.6) is 0 Å². The number of methoxy groups -OCH3 is 1. The normalized spacial score (nSPS) is 13.7. The highest BCUT2D eigenvalue weighted by Gasteiger charge is 2.34. The second-order valence-corrected chi connectivity index (χ2v) is 5.35. The summed E-state index contributed by atoms with van der Waals surface area (Å²) in [5.74, 6) is 0.129. The highest BCUT2D eigenvalue weighted by atomic mass is 16.5. The molecule has 0 saturated carbocycles. The molecule has 2 aromatic rings. The summed E-state index contributed by atoms with van der Waals surface area (Å²) < 4.78 is 5.30. The maximum absolute atomic E-state index is 12.8. The third kappa shape index (κ3) is 3.34. The Morgan fingerprint density at radius 3 is 2.10 bits per heavy atom. The molecule has 0 aliphatic heterocycles. The minimum Gasteiger partial charge on any atom is -0.384 e. The molecule has 0 heterocycles. The molecular weight excluding hydrogens is 248 g/mol. The Morgan fingerprint density at radius 1 is 1.00 bits per heavy atom. The topological polar surface area (TPSA) is 26.3 Å². The summed E-state index contributed by atoms with van der Waals surface area (Å²) in [5, 5.41) is 0. The van der Waals surface area contributed by atoms with Crippen molar-refractivity contribution in [1.29, 1.82) is 0 Å². The molecule has 0 aliphatic carbocycles. The average Bonchev–Trinajstić information content (AvgIpc) is 2.48. The van der Waals surface area contributed by atoms with Gasteiger partial charge in [-0.1, -0.05) is 60.7 Å². The van der Waals surface area contributed by atoms with E-state index < -0.39 is 5.41 Å². The van der Waals surface area contributed by atoms with E-state index in [-0.39, 0.29) is 5.78 Å². The number of carbonyl (C=O) groups is 1. The van der Waals surface area contributed by atoms with E-state index in [0.29, 0.717) is 13.0 Å². The van der Waals surface area contributed by atoms with Crippen molar-refractivity contribution in [2.75, 3.05) is 13.7 Å². The molecule has 104 valence electrons. The van der Waals surface area contributed by atoms with E-state index >= 15 is 0 Å². The minimum atomic E-state index is -0.544. The zero-order valence-corrected chi connectivity index (χ0v) is 12.0. The second kappa shape index (κ2) is 6.49. The van der Waals surface area contributed by atoms with Gasteiger partial charge < -0.3 is 4.74 Å². The monoisotopic (exact) mass is 268 g/mol. The van der Waals surface area contributed by atoms with E-state index in [4.69, 9.17) is 4.74 Å². The molecule has 0 saturated heterocycles. The first-order chi connectivity index (χ1) is 9.65. The van der Waals surface area contributed by atoms with Crippen molar-refractivity contribution in [3.05, 3.63) is 71.8 Å². The number of Topliss-reactive ketones (excluding diaryl/α,β-unsaturated/α-hetero) is 1. The zero-order valence-electron chi connectivity index (χ0n) is 12.0. The van der Waals surface area contributed by atoms with Crippen molar-refractivity contribution in [2.45, 2.75) is 13.3 Å². The summed E-state index contributed by atoms with van der Waals surface area (Å²) in [7, 11) is 1.64.